The molecule has 1 rings (SSSR count). The Hall–Kier alpha value is -1.17. The molecule has 16 heavy (non-hydrogen) atoms. The first-order valence-electron chi connectivity index (χ1n) is 4.76. The molecule has 0 bridgehead atoms. The van der Waals surface area contributed by atoms with Gasteiger partial charge >= 0.3 is 6.18 Å². The van der Waals surface area contributed by atoms with Gasteiger partial charge in [0.25, 0.3) is 0 Å². The van der Waals surface area contributed by atoms with Crippen molar-refractivity contribution in [3.8, 4) is 0 Å². The van der Waals surface area contributed by atoms with E-state index < -0.39 is 29.5 Å². The summed E-state index contributed by atoms with van der Waals surface area (Å²) in [6, 6.07) is 0.759. The van der Waals surface area contributed by atoms with Gasteiger partial charge in [-0.2, -0.15) is 13.2 Å². The Balaban J connectivity index is 3.34. The van der Waals surface area contributed by atoms with Crippen LogP contribution in [0.25, 0.3) is 0 Å². The molecule has 0 saturated carbocycles. The molecule has 0 aliphatic carbocycles. The minimum atomic E-state index is -4.60. The van der Waals surface area contributed by atoms with Crippen molar-refractivity contribution in [2.24, 2.45) is 5.73 Å². The van der Waals surface area contributed by atoms with Crippen molar-refractivity contribution < 1.29 is 17.6 Å². The Labute approximate surface area is 90.5 Å². The Morgan fingerprint density at radius 1 is 1.25 bits per heavy atom. The molecule has 2 nitrogen and oxygen atoms in total. The molecular weight excluding hydrogens is 224 g/mol. The second kappa shape index (κ2) is 4.37. The lowest BCUT2D eigenvalue weighted by atomic mass is 9.90. The highest BCUT2D eigenvalue weighted by molar-refractivity contribution is 5.32. The standard InChI is InChI=1S/C10H12F4N2/c1-2-9(11,6-15)8-5-16-4-3-7(8)10(12,13)14/h3-5H,2,6,15H2,1H3. The number of nitrogens with zero attached hydrogens (tertiary/aromatic N) is 1. The Kier molecular flexibility index (Phi) is 3.52. The molecular formula is C10H12F4N2. The maximum absolute atomic E-state index is 14.1. The molecule has 1 atom stereocenters. The van der Waals surface area contributed by atoms with E-state index in [0.29, 0.717) is 0 Å². The van der Waals surface area contributed by atoms with E-state index in [2.05, 4.69) is 4.98 Å². The largest absolute Gasteiger partial charge is 0.416 e. The normalized spacial score (nSPS) is 15.9. The minimum Gasteiger partial charge on any atom is -0.327 e. The molecule has 90 valence electrons. The van der Waals surface area contributed by atoms with Gasteiger partial charge in [0.05, 0.1) is 5.56 Å². The highest BCUT2D eigenvalue weighted by Crippen LogP contribution is 2.38. The number of aromatic nitrogens is 1. The maximum Gasteiger partial charge on any atom is 0.416 e. The zero-order valence-corrected chi connectivity index (χ0v) is 8.68. The van der Waals surface area contributed by atoms with Crippen LogP contribution in [0.5, 0.6) is 0 Å². The minimum absolute atomic E-state index is 0.127. The highest BCUT2D eigenvalue weighted by Gasteiger charge is 2.40. The van der Waals surface area contributed by atoms with Crippen molar-refractivity contribution in [2.75, 3.05) is 6.54 Å². The molecule has 0 aliphatic rings. The van der Waals surface area contributed by atoms with Crippen LogP contribution in [0.4, 0.5) is 17.6 Å². The summed E-state index contributed by atoms with van der Waals surface area (Å²) in [7, 11) is 0. The molecule has 0 amide bonds. The van der Waals surface area contributed by atoms with Crippen molar-refractivity contribution >= 4 is 0 Å². The van der Waals surface area contributed by atoms with Crippen molar-refractivity contribution in [3.05, 3.63) is 29.6 Å². The van der Waals surface area contributed by atoms with Crippen LogP contribution in [0, 0.1) is 0 Å². The first-order chi connectivity index (χ1) is 7.35. The van der Waals surface area contributed by atoms with E-state index in [1.807, 2.05) is 0 Å². The SMILES string of the molecule is CCC(F)(CN)c1cnccc1C(F)(F)F. The maximum atomic E-state index is 14.1. The summed E-state index contributed by atoms with van der Waals surface area (Å²) in [5.41, 5.74) is 1.50. The summed E-state index contributed by atoms with van der Waals surface area (Å²) in [4.78, 5) is 3.53. The topological polar surface area (TPSA) is 38.9 Å². The summed E-state index contributed by atoms with van der Waals surface area (Å²) in [6.45, 7) is 0.943. The first-order valence-corrected chi connectivity index (χ1v) is 4.76. The van der Waals surface area contributed by atoms with Crippen LogP contribution < -0.4 is 5.73 Å². The van der Waals surface area contributed by atoms with Gasteiger partial charge in [-0.05, 0) is 12.5 Å². The van der Waals surface area contributed by atoms with Crippen molar-refractivity contribution in [1.29, 1.82) is 0 Å². The molecule has 1 aromatic heterocycles. The third kappa shape index (κ3) is 2.32. The quantitative estimate of drug-likeness (QED) is 0.819. The van der Waals surface area contributed by atoms with Crippen LogP contribution in [-0.4, -0.2) is 11.5 Å². The van der Waals surface area contributed by atoms with Crippen LogP contribution in [0.15, 0.2) is 18.5 Å². The molecule has 0 saturated heterocycles. The van der Waals surface area contributed by atoms with Crippen molar-refractivity contribution in [1.82, 2.24) is 4.98 Å². The number of nitrogens with two attached hydrogens (primary N) is 1. The van der Waals surface area contributed by atoms with Gasteiger partial charge in [-0.3, -0.25) is 4.98 Å². The fourth-order valence-corrected chi connectivity index (χ4v) is 1.44. The van der Waals surface area contributed by atoms with Gasteiger partial charge < -0.3 is 5.73 Å². The molecule has 1 unspecified atom stereocenters. The fraction of sp³-hybridized carbons (Fsp3) is 0.500. The summed E-state index contributed by atoms with van der Waals surface area (Å²) in [5, 5.41) is 0. The van der Waals surface area contributed by atoms with Gasteiger partial charge in [0.1, 0.15) is 5.67 Å². The zero-order valence-electron chi connectivity index (χ0n) is 8.68. The number of halogens is 4. The average Bonchev–Trinajstić information content (AvgIpc) is 2.27. The smallest absolute Gasteiger partial charge is 0.327 e. The Bertz CT molecular complexity index is 358. The molecule has 6 heteroatoms. The third-order valence-electron chi connectivity index (χ3n) is 2.49. The second-order valence-electron chi connectivity index (χ2n) is 3.44. The number of hydrogen-bond acceptors (Lipinski definition) is 2. The second-order valence-corrected chi connectivity index (χ2v) is 3.44. The monoisotopic (exact) mass is 236 g/mol. The van der Waals surface area contributed by atoms with Crippen LogP contribution >= 0.6 is 0 Å². The zero-order chi connectivity index (χ0) is 12.4. The Morgan fingerprint density at radius 2 is 1.88 bits per heavy atom. The molecule has 1 aromatic rings. The van der Waals surface area contributed by atoms with Crippen molar-refractivity contribution in [3.63, 3.8) is 0 Å². The van der Waals surface area contributed by atoms with E-state index in [1.54, 1.807) is 0 Å². The van der Waals surface area contributed by atoms with E-state index >= 15 is 0 Å². The lowest BCUT2D eigenvalue weighted by molar-refractivity contribution is -0.139. The molecule has 0 radical (unpaired) electrons. The van der Waals surface area contributed by atoms with Crippen LogP contribution in [-0.2, 0) is 11.8 Å². The van der Waals surface area contributed by atoms with E-state index in [9.17, 15) is 17.6 Å². The molecule has 0 fully saturated rings. The van der Waals surface area contributed by atoms with Gasteiger partial charge in [-0.15, -0.1) is 0 Å². The summed E-state index contributed by atoms with van der Waals surface area (Å²) < 4.78 is 52.0. The predicted octanol–water partition coefficient (Wildman–Crippen LogP) is 2.63. The number of hydrogen-bond donors (Lipinski definition) is 1. The molecule has 2 N–H and O–H groups in total. The predicted molar refractivity (Wildman–Crippen MR) is 51.4 cm³/mol. The number of rotatable bonds is 3. The first kappa shape index (κ1) is 12.9. The molecule has 0 aliphatic heterocycles. The average molecular weight is 236 g/mol. The van der Waals surface area contributed by atoms with E-state index in [0.717, 1.165) is 18.5 Å². The van der Waals surface area contributed by atoms with Gasteiger partial charge in [0.15, 0.2) is 0 Å². The summed E-state index contributed by atoms with van der Waals surface area (Å²) in [5.74, 6) is 0. The molecule has 0 spiro atoms. The third-order valence-corrected chi connectivity index (χ3v) is 2.49. The van der Waals surface area contributed by atoms with Gasteiger partial charge in [0.2, 0.25) is 0 Å². The van der Waals surface area contributed by atoms with Gasteiger partial charge in [-0.1, -0.05) is 6.92 Å². The Morgan fingerprint density at radius 3 is 2.31 bits per heavy atom. The van der Waals surface area contributed by atoms with Crippen LogP contribution in [0.3, 0.4) is 0 Å². The lowest BCUT2D eigenvalue weighted by Gasteiger charge is -2.25. The summed E-state index contributed by atoms with van der Waals surface area (Å²) in [6.07, 6.45) is -2.85. The van der Waals surface area contributed by atoms with Crippen LogP contribution in [0.1, 0.15) is 24.5 Å². The number of alkyl halides is 4. The van der Waals surface area contributed by atoms with E-state index in [-0.39, 0.29) is 6.42 Å². The summed E-state index contributed by atoms with van der Waals surface area (Å²) >= 11 is 0. The molecule has 1 heterocycles. The van der Waals surface area contributed by atoms with Crippen LogP contribution in [0.2, 0.25) is 0 Å². The van der Waals surface area contributed by atoms with Crippen molar-refractivity contribution in [2.45, 2.75) is 25.2 Å². The van der Waals surface area contributed by atoms with E-state index in [4.69, 9.17) is 5.73 Å². The van der Waals surface area contributed by atoms with E-state index in [1.165, 1.54) is 6.92 Å². The fourth-order valence-electron chi connectivity index (χ4n) is 1.44. The van der Waals surface area contributed by atoms with Gasteiger partial charge in [-0.25, -0.2) is 4.39 Å². The number of pyridine rings is 1. The highest BCUT2D eigenvalue weighted by atomic mass is 19.4. The van der Waals surface area contributed by atoms with Gasteiger partial charge in [0, 0.05) is 24.5 Å². The lowest BCUT2D eigenvalue weighted by Crippen LogP contribution is -2.32. The molecule has 0 aromatic carbocycles.